The Kier molecular flexibility index (Phi) is 5.86. The number of nitrogens with zero attached hydrogens (tertiary/aromatic N) is 3. The minimum absolute atomic E-state index is 0.0905. The van der Waals surface area contributed by atoms with Gasteiger partial charge in [-0.3, -0.25) is 9.20 Å². The summed E-state index contributed by atoms with van der Waals surface area (Å²) in [5.41, 5.74) is 4.52. The number of hydrogen-bond donors (Lipinski definition) is 0. The number of hydrogen-bond acceptors (Lipinski definition) is 2. The van der Waals surface area contributed by atoms with Gasteiger partial charge in [0.15, 0.2) is 0 Å². The van der Waals surface area contributed by atoms with Crippen molar-refractivity contribution in [1.29, 1.82) is 0 Å². The first kappa shape index (κ1) is 20.2. The molecular weight excluding hydrogens is 394 g/mol. The zero-order valence-corrected chi connectivity index (χ0v) is 17.8. The topological polar surface area (TPSA) is 39.3 Å². The molecule has 4 aromatic rings. The first-order valence-corrected chi connectivity index (χ1v) is 10.6. The van der Waals surface area contributed by atoms with Crippen molar-refractivity contribution in [3.05, 3.63) is 88.3 Å². The van der Waals surface area contributed by atoms with E-state index < -0.39 is 0 Å². The first-order valence-electron chi connectivity index (χ1n) is 10.2. The van der Waals surface area contributed by atoms with Gasteiger partial charge in [0.25, 0.3) is 5.56 Å². The molecule has 0 radical (unpaired) electrons. The van der Waals surface area contributed by atoms with E-state index in [0.29, 0.717) is 10.8 Å². The Balaban J connectivity index is 1.89. The van der Waals surface area contributed by atoms with Crippen molar-refractivity contribution in [1.82, 2.24) is 14.0 Å². The molecule has 0 aliphatic carbocycles. The highest BCUT2D eigenvalue weighted by Gasteiger charge is 2.15. The Hall–Kier alpha value is -3.11. The van der Waals surface area contributed by atoms with Crippen LogP contribution in [0.1, 0.15) is 31.7 Å². The van der Waals surface area contributed by atoms with Crippen molar-refractivity contribution in [3.63, 3.8) is 0 Å². The van der Waals surface area contributed by atoms with E-state index in [1.807, 2.05) is 60.8 Å². The molecule has 0 bridgehead atoms. The maximum Gasteiger partial charge on any atom is 0.259 e. The summed E-state index contributed by atoms with van der Waals surface area (Å²) in [6, 6.07) is 17.3. The van der Waals surface area contributed by atoms with Gasteiger partial charge in [0.05, 0.1) is 11.4 Å². The highest BCUT2D eigenvalue weighted by molar-refractivity contribution is 6.30. The average Bonchev–Trinajstić information content (AvgIpc) is 3.22. The van der Waals surface area contributed by atoms with Crippen molar-refractivity contribution in [3.8, 4) is 22.5 Å². The van der Waals surface area contributed by atoms with E-state index in [1.54, 1.807) is 10.5 Å². The predicted octanol–water partition coefficient (Wildman–Crippen LogP) is 6.32. The summed E-state index contributed by atoms with van der Waals surface area (Å²) in [4.78, 5) is 17.8. The van der Waals surface area contributed by atoms with Crippen molar-refractivity contribution in [2.24, 2.45) is 0 Å². The van der Waals surface area contributed by atoms with Gasteiger partial charge in [0.1, 0.15) is 0 Å². The molecule has 0 atom stereocenters. The van der Waals surface area contributed by atoms with E-state index in [1.165, 1.54) is 0 Å². The molecule has 0 N–H and O–H groups in total. The summed E-state index contributed by atoms with van der Waals surface area (Å²) in [5.74, 6) is 0.659. The van der Waals surface area contributed by atoms with Crippen LogP contribution >= 0.6 is 11.6 Å². The third-order valence-corrected chi connectivity index (χ3v) is 5.54. The van der Waals surface area contributed by atoms with Crippen LogP contribution in [-0.4, -0.2) is 14.0 Å². The molecule has 0 amide bonds. The number of benzene rings is 2. The summed E-state index contributed by atoms with van der Waals surface area (Å²) in [7, 11) is 0. The monoisotopic (exact) mass is 417 g/mol. The molecule has 2 aromatic carbocycles. The molecule has 0 unspecified atom stereocenters. The fraction of sp³-hybridized carbons (Fsp3) is 0.200. The SMILES string of the molecule is C=Cc1ccc(-c2cc(=O)n3cc(-c4ccc(Cl)cc4)nc3n2CCCCC)cc1. The standard InChI is InChI=1S/C25H24ClN3O/c1-3-5-6-15-28-23(20-9-7-18(4-2)8-10-20)16-24(30)29-17-22(27-25(28)29)19-11-13-21(26)14-12-19/h4,7-14,16-17H,2-3,5-6,15H2,1H3. The molecule has 0 saturated carbocycles. The third-order valence-electron chi connectivity index (χ3n) is 5.28. The lowest BCUT2D eigenvalue weighted by molar-refractivity contribution is 0.606. The number of fused-ring (bicyclic) bond motifs is 1. The summed E-state index contributed by atoms with van der Waals surface area (Å²) in [5, 5.41) is 0.673. The third kappa shape index (κ3) is 3.96. The number of imidazole rings is 1. The van der Waals surface area contributed by atoms with E-state index in [-0.39, 0.29) is 5.56 Å². The summed E-state index contributed by atoms with van der Waals surface area (Å²) >= 11 is 6.02. The predicted molar refractivity (Wildman–Crippen MR) is 125 cm³/mol. The van der Waals surface area contributed by atoms with E-state index in [0.717, 1.165) is 53.9 Å². The molecule has 4 rings (SSSR count). The largest absolute Gasteiger partial charge is 0.311 e. The van der Waals surface area contributed by atoms with E-state index in [9.17, 15) is 4.79 Å². The zero-order valence-electron chi connectivity index (χ0n) is 17.0. The van der Waals surface area contributed by atoms with E-state index >= 15 is 0 Å². The highest BCUT2D eigenvalue weighted by Crippen LogP contribution is 2.25. The maximum absolute atomic E-state index is 12.9. The molecule has 0 aliphatic heterocycles. The minimum Gasteiger partial charge on any atom is -0.311 e. The van der Waals surface area contributed by atoms with Crippen LogP contribution in [-0.2, 0) is 6.54 Å². The lowest BCUT2D eigenvalue weighted by atomic mass is 10.1. The molecule has 5 heteroatoms. The number of aryl methyl sites for hydroxylation is 1. The van der Waals surface area contributed by atoms with Crippen LogP contribution in [0.2, 0.25) is 5.02 Å². The van der Waals surface area contributed by atoms with Crippen LogP contribution in [0.15, 0.2) is 72.2 Å². The molecule has 30 heavy (non-hydrogen) atoms. The lowest BCUT2D eigenvalue weighted by Gasteiger charge is -2.15. The van der Waals surface area contributed by atoms with Crippen molar-refractivity contribution < 1.29 is 0 Å². The Morgan fingerprint density at radius 3 is 2.40 bits per heavy atom. The summed E-state index contributed by atoms with van der Waals surface area (Å²) in [6.45, 7) is 6.80. The molecule has 152 valence electrons. The minimum atomic E-state index is -0.0905. The number of rotatable bonds is 7. The number of halogens is 1. The van der Waals surface area contributed by atoms with Gasteiger partial charge in [-0.25, -0.2) is 4.98 Å². The van der Waals surface area contributed by atoms with Gasteiger partial charge in [0.2, 0.25) is 5.78 Å². The van der Waals surface area contributed by atoms with Crippen LogP contribution in [0.3, 0.4) is 0 Å². The van der Waals surface area contributed by atoms with Gasteiger partial charge in [-0.1, -0.05) is 80.4 Å². The van der Waals surface area contributed by atoms with Crippen LogP contribution in [0.5, 0.6) is 0 Å². The average molecular weight is 418 g/mol. The van der Waals surface area contributed by atoms with Gasteiger partial charge in [-0.2, -0.15) is 0 Å². The van der Waals surface area contributed by atoms with E-state index in [4.69, 9.17) is 16.6 Å². The fourth-order valence-electron chi connectivity index (χ4n) is 3.62. The Bertz CT molecular complexity index is 1230. The van der Waals surface area contributed by atoms with Crippen LogP contribution < -0.4 is 5.56 Å². The normalized spacial score (nSPS) is 11.1. The Labute approximate surface area is 181 Å². The molecule has 2 aromatic heterocycles. The summed E-state index contributed by atoms with van der Waals surface area (Å²) in [6.07, 6.45) is 6.90. The second kappa shape index (κ2) is 8.72. The van der Waals surface area contributed by atoms with Gasteiger partial charge in [0, 0.05) is 29.4 Å². The second-order valence-corrected chi connectivity index (χ2v) is 7.79. The molecule has 0 spiro atoms. The van der Waals surface area contributed by atoms with Gasteiger partial charge in [-0.05, 0) is 29.7 Å². The second-order valence-electron chi connectivity index (χ2n) is 7.36. The zero-order chi connectivity index (χ0) is 21.1. The number of unbranched alkanes of at least 4 members (excludes halogenated alkanes) is 2. The first-order chi connectivity index (χ1) is 14.6. The summed E-state index contributed by atoms with van der Waals surface area (Å²) < 4.78 is 3.79. The lowest BCUT2D eigenvalue weighted by Crippen LogP contribution is -2.18. The van der Waals surface area contributed by atoms with Crippen LogP contribution in [0, 0.1) is 0 Å². The molecular formula is C25H24ClN3O. The van der Waals surface area contributed by atoms with Crippen LogP contribution in [0.4, 0.5) is 0 Å². The Morgan fingerprint density at radius 1 is 1.03 bits per heavy atom. The van der Waals surface area contributed by atoms with Gasteiger partial charge >= 0.3 is 0 Å². The van der Waals surface area contributed by atoms with Crippen molar-refractivity contribution >= 4 is 23.5 Å². The number of aromatic nitrogens is 3. The smallest absolute Gasteiger partial charge is 0.259 e. The van der Waals surface area contributed by atoms with Gasteiger partial charge in [-0.15, -0.1) is 0 Å². The molecule has 0 aliphatic rings. The van der Waals surface area contributed by atoms with Crippen molar-refractivity contribution in [2.75, 3.05) is 0 Å². The van der Waals surface area contributed by atoms with Gasteiger partial charge < -0.3 is 4.57 Å². The fourth-order valence-corrected chi connectivity index (χ4v) is 3.75. The van der Waals surface area contributed by atoms with Crippen molar-refractivity contribution in [2.45, 2.75) is 32.7 Å². The Morgan fingerprint density at radius 2 is 1.73 bits per heavy atom. The highest BCUT2D eigenvalue weighted by atomic mass is 35.5. The molecule has 4 nitrogen and oxygen atoms in total. The van der Waals surface area contributed by atoms with E-state index in [2.05, 4.69) is 18.1 Å². The molecule has 0 saturated heterocycles. The molecule has 0 fully saturated rings. The van der Waals surface area contributed by atoms with Crippen LogP contribution in [0.25, 0.3) is 34.4 Å². The quantitative estimate of drug-likeness (QED) is 0.330. The molecule has 2 heterocycles. The maximum atomic E-state index is 12.9.